The summed E-state index contributed by atoms with van der Waals surface area (Å²) < 4.78 is 1.88. The predicted molar refractivity (Wildman–Crippen MR) is 77.0 cm³/mol. The smallest absolute Gasteiger partial charge is 0.352 e. The van der Waals surface area contributed by atoms with Gasteiger partial charge >= 0.3 is 5.97 Å². The third-order valence-electron chi connectivity index (χ3n) is 3.99. The Kier molecular flexibility index (Phi) is 4.50. The van der Waals surface area contributed by atoms with E-state index in [1.54, 1.807) is 12.1 Å². The fourth-order valence-electron chi connectivity index (χ4n) is 2.75. The number of nitrogens with zero attached hydrogens (tertiary/aromatic N) is 2. The lowest BCUT2D eigenvalue weighted by Gasteiger charge is -2.34. The minimum absolute atomic E-state index is 0.273. The van der Waals surface area contributed by atoms with Gasteiger partial charge < -0.3 is 19.7 Å². The summed E-state index contributed by atoms with van der Waals surface area (Å²) >= 11 is 0. The Bertz CT molecular complexity index is 454. The second-order valence-electron chi connectivity index (χ2n) is 6.24. The normalized spacial score (nSPS) is 18.4. The molecule has 5 heteroatoms. The van der Waals surface area contributed by atoms with Gasteiger partial charge in [-0.1, -0.05) is 0 Å². The molecule has 2 heterocycles. The van der Waals surface area contributed by atoms with Crippen molar-refractivity contribution in [2.24, 2.45) is 0 Å². The number of rotatable bonds is 5. The summed E-state index contributed by atoms with van der Waals surface area (Å²) in [5.41, 5.74) is -0.242. The van der Waals surface area contributed by atoms with Gasteiger partial charge in [-0.15, -0.1) is 0 Å². The van der Waals surface area contributed by atoms with E-state index in [2.05, 4.69) is 4.90 Å². The van der Waals surface area contributed by atoms with Crippen LogP contribution < -0.4 is 0 Å². The van der Waals surface area contributed by atoms with Crippen molar-refractivity contribution in [1.29, 1.82) is 0 Å². The van der Waals surface area contributed by atoms with Crippen LogP contribution in [0.1, 0.15) is 49.6 Å². The lowest BCUT2D eigenvalue weighted by atomic mass is 10.0. The van der Waals surface area contributed by atoms with E-state index in [-0.39, 0.29) is 6.04 Å². The maximum absolute atomic E-state index is 11.1. The molecule has 1 saturated heterocycles. The topological polar surface area (TPSA) is 65.7 Å². The molecule has 1 aromatic heterocycles. The zero-order valence-corrected chi connectivity index (χ0v) is 12.2. The summed E-state index contributed by atoms with van der Waals surface area (Å²) in [5, 5.41) is 18.9. The molecule has 1 fully saturated rings. The molecular formula is C15H24N2O3. The van der Waals surface area contributed by atoms with Crippen molar-refractivity contribution in [1.82, 2.24) is 9.47 Å². The molecule has 5 nitrogen and oxygen atoms in total. The molecule has 0 aliphatic carbocycles. The number of piperidine rings is 1. The van der Waals surface area contributed by atoms with Gasteiger partial charge in [0.2, 0.25) is 0 Å². The van der Waals surface area contributed by atoms with Crippen LogP contribution in [0.3, 0.4) is 0 Å². The minimum atomic E-state index is -0.862. The highest BCUT2D eigenvalue weighted by Crippen LogP contribution is 2.25. The second-order valence-corrected chi connectivity index (χ2v) is 6.24. The number of aliphatic hydroxyl groups is 1. The second kappa shape index (κ2) is 5.97. The lowest BCUT2D eigenvalue weighted by molar-refractivity contribution is 0.0517. The van der Waals surface area contributed by atoms with Crippen LogP contribution >= 0.6 is 0 Å². The van der Waals surface area contributed by atoms with Crippen LogP contribution in [0, 0.1) is 0 Å². The molecular weight excluding hydrogens is 256 g/mol. The SMILES string of the molecule is CC(C)(O)CCN1CCC(n2cccc2C(=O)O)CC1. The Morgan fingerprint density at radius 1 is 1.40 bits per heavy atom. The first-order valence-corrected chi connectivity index (χ1v) is 7.22. The molecule has 0 unspecified atom stereocenters. The highest BCUT2D eigenvalue weighted by Gasteiger charge is 2.24. The van der Waals surface area contributed by atoms with Gasteiger partial charge in [-0.3, -0.25) is 0 Å². The molecule has 20 heavy (non-hydrogen) atoms. The van der Waals surface area contributed by atoms with E-state index in [1.807, 2.05) is 24.6 Å². The van der Waals surface area contributed by atoms with Crippen LogP contribution in [0.15, 0.2) is 18.3 Å². The van der Waals surface area contributed by atoms with Crippen molar-refractivity contribution >= 4 is 5.97 Å². The molecule has 0 atom stereocenters. The molecule has 2 N–H and O–H groups in total. The molecule has 0 bridgehead atoms. The van der Waals surface area contributed by atoms with Crippen molar-refractivity contribution in [2.75, 3.05) is 19.6 Å². The highest BCUT2D eigenvalue weighted by atomic mass is 16.4. The first kappa shape index (κ1) is 15.1. The molecule has 0 amide bonds. The van der Waals surface area contributed by atoms with Gasteiger partial charge in [0.05, 0.1) is 5.60 Å². The van der Waals surface area contributed by atoms with Crippen LogP contribution in [0.25, 0.3) is 0 Å². The van der Waals surface area contributed by atoms with Gasteiger partial charge in [-0.25, -0.2) is 4.79 Å². The zero-order valence-electron chi connectivity index (χ0n) is 12.2. The zero-order chi connectivity index (χ0) is 14.8. The van der Waals surface area contributed by atoms with E-state index >= 15 is 0 Å². The van der Waals surface area contributed by atoms with Crippen molar-refractivity contribution in [3.8, 4) is 0 Å². The molecule has 0 radical (unpaired) electrons. The molecule has 1 aliphatic heterocycles. The van der Waals surface area contributed by atoms with Crippen LogP contribution in [0.5, 0.6) is 0 Å². The van der Waals surface area contributed by atoms with Gasteiger partial charge in [0, 0.05) is 31.9 Å². The van der Waals surface area contributed by atoms with Gasteiger partial charge in [0.15, 0.2) is 0 Å². The summed E-state index contributed by atoms with van der Waals surface area (Å²) in [4.78, 5) is 13.5. The highest BCUT2D eigenvalue weighted by molar-refractivity contribution is 5.85. The van der Waals surface area contributed by atoms with Gasteiger partial charge in [0.1, 0.15) is 5.69 Å². The molecule has 0 spiro atoms. The van der Waals surface area contributed by atoms with Crippen molar-refractivity contribution < 1.29 is 15.0 Å². The standard InChI is InChI=1S/C15H24N2O3/c1-15(2,20)7-11-16-9-5-12(6-10-16)17-8-3-4-13(17)14(18)19/h3-4,8,12,20H,5-7,9-11H2,1-2H3,(H,18,19). The van der Waals surface area contributed by atoms with Crippen LogP contribution in [0.4, 0.5) is 0 Å². The van der Waals surface area contributed by atoms with Crippen molar-refractivity contribution in [3.63, 3.8) is 0 Å². The maximum atomic E-state index is 11.1. The average molecular weight is 280 g/mol. The number of aromatic carboxylic acids is 1. The largest absolute Gasteiger partial charge is 0.477 e. The van der Waals surface area contributed by atoms with Crippen LogP contribution in [-0.4, -0.2) is 50.9 Å². The number of carboxylic acid groups (broad SMARTS) is 1. The summed E-state index contributed by atoms with van der Waals surface area (Å²) in [6, 6.07) is 3.72. The molecule has 2 rings (SSSR count). The fourth-order valence-corrected chi connectivity index (χ4v) is 2.75. The Morgan fingerprint density at radius 2 is 2.05 bits per heavy atom. The van der Waals surface area contributed by atoms with E-state index in [0.717, 1.165) is 38.9 Å². The molecule has 0 aromatic carbocycles. The van der Waals surface area contributed by atoms with E-state index in [9.17, 15) is 9.90 Å². The number of hydrogen-bond acceptors (Lipinski definition) is 3. The number of aromatic nitrogens is 1. The Morgan fingerprint density at radius 3 is 2.60 bits per heavy atom. The summed E-state index contributed by atoms with van der Waals surface area (Å²) in [6.07, 6.45) is 4.55. The number of carboxylic acids is 1. The summed E-state index contributed by atoms with van der Waals surface area (Å²) in [6.45, 7) is 6.47. The van der Waals surface area contributed by atoms with Gasteiger partial charge in [0.25, 0.3) is 0 Å². The Labute approximate surface area is 119 Å². The molecule has 0 saturated carbocycles. The third-order valence-corrected chi connectivity index (χ3v) is 3.99. The maximum Gasteiger partial charge on any atom is 0.352 e. The monoisotopic (exact) mass is 280 g/mol. The van der Waals surface area contributed by atoms with E-state index in [4.69, 9.17) is 5.11 Å². The molecule has 1 aromatic rings. The van der Waals surface area contributed by atoms with Gasteiger partial charge in [-0.05, 0) is 45.2 Å². The summed E-state index contributed by atoms with van der Waals surface area (Å²) in [5.74, 6) is -0.862. The van der Waals surface area contributed by atoms with Crippen molar-refractivity contribution in [2.45, 2.75) is 44.8 Å². The molecule has 1 aliphatic rings. The quantitative estimate of drug-likeness (QED) is 0.865. The minimum Gasteiger partial charge on any atom is -0.477 e. The van der Waals surface area contributed by atoms with E-state index in [1.165, 1.54) is 0 Å². The Hall–Kier alpha value is -1.33. The Balaban J connectivity index is 1.88. The van der Waals surface area contributed by atoms with Crippen LogP contribution in [0.2, 0.25) is 0 Å². The fraction of sp³-hybridized carbons (Fsp3) is 0.667. The van der Waals surface area contributed by atoms with Gasteiger partial charge in [-0.2, -0.15) is 0 Å². The van der Waals surface area contributed by atoms with E-state index < -0.39 is 11.6 Å². The molecule has 112 valence electrons. The first-order valence-electron chi connectivity index (χ1n) is 7.22. The summed E-state index contributed by atoms with van der Waals surface area (Å²) in [7, 11) is 0. The van der Waals surface area contributed by atoms with E-state index in [0.29, 0.717) is 5.69 Å². The lowest BCUT2D eigenvalue weighted by Crippen LogP contribution is -2.38. The van der Waals surface area contributed by atoms with Crippen molar-refractivity contribution in [3.05, 3.63) is 24.0 Å². The third kappa shape index (κ3) is 3.84. The number of likely N-dealkylation sites (tertiary alicyclic amines) is 1. The first-order chi connectivity index (χ1) is 9.37. The number of hydrogen-bond donors (Lipinski definition) is 2. The van der Waals surface area contributed by atoms with Crippen LogP contribution in [-0.2, 0) is 0 Å². The predicted octanol–water partition coefficient (Wildman–Crippen LogP) is 1.98. The average Bonchev–Trinajstić information content (AvgIpc) is 2.85. The number of carbonyl (C=O) groups is 1.